The van der Waals surface area contributed by atoms with Gasteiger partial charge in [0, 0.05) is 12.1 Å². The molecule has 0 fully saturated rings. The Hall–Kier alpha value is -1.76. The van der Waals surface area contributed by atoms with Gasteiger partial charge in [0.25, 0.3) is 0 Å². The summed E-state index contributed by atoms with van der Waals surface area (Å²) in [6.07, 6.45) is 1.12. The third kappa shape index (κ3) is 3.63. The van der Waals surface area contributed by atoms with Gasteiger partial charge in [-0.1, -0.05) is 0 Å². The number of hydrogen-bond donors (Lipinski definition) is 1. The third-order valence-corrected chi connectivity index (χ3v) is 2.59. The van der Waals surface area contributed by atoms with Crippen LogP contribution in [0, 0.1) is 18.6 Å². The van der Waals surface area contributed by atoms with Crippen LogP contribution in [0.2, 0.25) is 0 Å². The quantitative estimate of drug-likeness (QED) is 0.868. The van der Waals surface area contributed by atoms with Crippen molar-refractivity contribution in [1.29, 1.82) is 0 Å². The van der Waals surface area contributed by atoms with Crippen molar-refractivity contribution in [2.75, 3.05) is 5.32 Å². The van der Waals surface area contributed by atoms with E-state index in [0.717, 1.165) is 24.4 Å². The Kier molecular flexibility index (Phi) is 5.38. The van der Waals surface area contributed by atoms with Crippen molar-refractivity contribution in [2.45, 2.75) is 20.0 Å². The van der Waals surface area contributed by atoms with Crippen LogP contribution in [0.4, 0.5) is 23.2 Å². The monoisotopic (exact) mass is 309 g/mol. The summed E-state index contributed by atoms with van der Waals surface area (Å²) < 4.78 is 51.6. The van der Waals surface area contributed by atoms with Gasteiger partial charge in [-0.05, 0) is 25.1 Å². The first-order valence-corrected chi connectivity index (χ1v) is 5.49. The number of aryl methyl sites for hydroxylation is 1. The van der Waals surface area contributed by atoms with Crippen molar-refractivity contribution in [2.24, 2.45) is 0 Å². The summed E-state index contributed by atoms with van der Waals surface area (Å²) >= 11 is 0. The number of nitrogens with zero attached hydrogens (tertiary/aromatic N) is 2. The molecule has 3 nitrogen and oxygen atoms in total. The molecule has 8 heteroatoms. The van der Waals surface area contributed by atoms with Gasteiger partial charge in [-0.3, -0.25) is 0 Å². The fraction of sp³-hybridized carbons (Fsp3) is 0.250. The van der Waals surface area contributed by atoms with E-state index in [1.807, 2.05) is 0 Å². The summed E-state index contributed by atoms with van der Waals surface area (Å²) in [5.41, 5.74) is 0.824. The van der Waals surface area contributed by atoms with Gasteiger partial charge in [0.15, 0.2) is 0 Å². The summed E-state index contributed by atoms with van der Waals surface area (Å²) in [6.45, 7) is -1.21. The second-order valence-corrected chi connectivity index (χ2v) is 3.98. The number of alkyl halides is 2. The van der Waals surface area contributed by atoms with Crippen LogP contribution in [0.5, 0.6) is 0 Å². The van der Waals surface area contributed by atoms with Crippen LogP contribution in [-0.2, 0) is 6.54 Å². The molecule has 0 saturated heterocycles. The fourth-order valence-corrected chi connectivity index (χ4v) is 1.62. The van der Waals surface area contributed by atoms with E-state index >= 15 is 0 Å². The first-order valence-electron chi connectivity index (χ1n) is 5.49. The zero-order valence-corrected chi connectivity index (χ0v) is 11.2. The molecule has 0 amide bonds. The average Bonchev–Trinajstić information content (AvgIpc) is 2.72. The zero-order valence-electron chi connectivity index (χ0n) is 10.4. The molecule has 0 aliphatic carbocycles. The van der Waals surface area contributed by atoms with Crippen LogP contribution in [0.25, 0.3) is 0 Å². The predicted molar refractivity (Wildman–Crippen MR) is 69.1 cm³/mol. The molecule has 0 radical (unpaired) electrons. The number of nitrogens with one attached hydrogen (secondary N) is 1. The second-order valence-electron chi connectivity index (χ2n) is 3.98. The van der Waals surface area contributed by atoms with Crippen LogP contribution >= 0.6 is 12.4 Å². The highest BCUT2D eigenvalue weighted by Crippen LogP contribution is 2.19. The minimum absolute atomic E-state index is 0. The largest absolute Gasteiger partial charge is 0.378 e. The lowest BCUT2D eigenvalue weighted by molar-refractivity contribution is 0.0563. The standard InChI is InChI=1S/C12H11F4N3.ClH/c1-7-11(6-19(18-7)12(15)16)17-5-8-4-9(13)2-3-10(8)14;/h2-4,6,12,17H,5H2,1H3;1H. The van der Waals surface area contributed by atoms with Crippen LogP contribution in [0.3, 0.4) is 0 Å². The molecule has 0 aliphatic rings. The number of halogens is 5. The van der Waals surface area contributed by atoms with Gasteiger partial charge in [0.05, 0.1) is 17.6 Å². The van der Waals surface area contributed by atoms with E-state index in [1.54, 1.807) is 6.92 Å². The van der Waals surface area contributed by atoms with Crippen molar-refractivity contribution in [3.05, 3.63) is 47.3 Å². The highest BCUT2D eigenvalue weighted by atomic mass is 35.5. The van der Waals surface area contributed by atoms with Crippen LogP contribution < -0.4 is 5.32 Å². The highest BCUT2D eigenvalue weighted by molar-refractivity contribution is 5.85. The van der Waals surface area contributed by atoms with Crippen LogP contribution in [0.1, 0.15) is 17.8 Å². The van der Waals surface area contributed by atoms with E-state index in [0.29, 0.717) is 16.1 Å². The topological polar surface area (TPSA) is 29.9 Å². The van der Waals surface area contributed by atoms with Crippen LogP contribution in [0.15, 0.2) is 24.4 Å². The first kappa shape index (κ1) is 16.3. The maximum Gasteiger partial charge on any atom is 0.333 e. The van der Waals surface area contributed by atoms with Crippen molar-refractivity contribution >= 4 is 18.1 Å². The molecular formula is C12H12ClF4N3. The molecule has 0 spiro atoms. The maximum atomic E-state index is 13.4. The molecule has 2 rings (SSSR count). The molecule has 2 aromatic rings. The van der Waals surface area contributed by atoms with Gasteiger partial charge < -0.3 is 5.32 Å². The summed E-state index contributed by atoms with van der Waals surface area (Å²) in [7, 11) is 0. The molecule has 1 N–H and O–H groups in total. The molecule has 0 unspecified atom stereocenters. The summed E-state index contributed by atoms with van der Waals surface area (Å²) in [6, 6.07) is 3.08. The predicted octanol–water partition coefficient (Wildman–Crippen LogP) is 3.90. The van der Waals surface area contributed by atoms with E-state index in [-0.39, 0.29) is 24.5 Å². The summed E-state index contributed by atoms with van der Waals surface area (Å²) in [4.78, 5) is 0. The molecule has 20 heavy (non-hydrogen) atoms. The normalized spacial score (nSPS) is 10.5. The minimum Gasteiger partial charge on any atom is -0.378 e. The molecule has 0 bridgehead atoms. The Morgan fingerprint density at radius 2 is 2.00 bits per heavy atom. The van der Waals surface area contributed by atoms with E-state index < -0.39 is 18.2 Å². The highest BCUT2D eigenvalue weighted by Gasteiger charge is 2.11. The smallest absolute Gasteiger partial charge is 0.333 e. The molecule has 0 aliphatic heterocycles. The Labute approximate surface area is 119 Å². The van der Waals surface area contributed by atoms with Gasteiger partial charge in [-0.2, -0.15) is 13.9 Å². The number of rotatable bonds is 4. The number of anilines is 1. The van der Waals surface area contributed by atoms with Gasteiger partial charge in [0.1, 0.15) is 11.6 Å². The number of aromatic nitrogens is 2. The molecule has 0 saturated carbocycles. The van der Waals surface area contributed by atoms with Crippen LogP contribution in [-0.4, -0.2) is 9.78 Å². The van der Waals surface area contributed by atoms with Crippen molar-refractivity contribution in [3.8, 4) is 0 Å². The Morgan fingerprint density at radius 1 is 1.30 bits per heavy atom. The number of benzene rings is 1. The molecular weight excluding hydrogens is 298 g/mol. The third-order valence-electron chi connectivity index (χ3n) is 2.59. The average molecular weight is 310 g/mol. The van der Waals surface area contributed by atoms with E-state index in [9.17, 15) is 17.6 Å². The molecule has 1 aromatic heterocycles. The minimum atomic E-state index is -2.74. The van der Waals surface area contributed by atoms with E-state index in [1.165, 1.54) is 0 Å². The number of hydrogen-bond acceptors (Lipinski definition) is 2. The summed E-state index contributed by atoms with van der Waals surface area (Å²) in [5.74, 6) is -1.12. The second kappa shape index (κ2) is 6.60. The Morgan fingerprint density at radius 3 is 2.60 bits per heavy atom. The first-order chi connectivity index (χ1) is 8.97. The molecule has 0 atom stereocenters. The van der Waals surface area contributed by atoms with Gasteiger partial charge in [0.2, 0.25) is 0 Å². The van der Waals surface area contributed by atoms with E-state index in [4.69, 9.17) is 0 Å². The lowest BCUT2D eigenvalue weighted by Crippen LogP contribution is -2.02. The van der Waals surface area contributed by atoms with Gasteiger partial charge in [-0.25, -0.2) is 13.5 Å². The van der Waals surface area contributed by atoms with Crippen molar-refractivity contribution in [3.63, 3.8) is 0 Å². The van der Waals surface area contributed by atoms with Crippen molar-refractivity contribution < 1.29 is 17.6 Å². The Balaban J connectivity index is 0.00000200. The molecule has 110 valence electrons. The summed E-state index contributed by atoms with van der Waals surface area (Å²) in [5, 5.41) is 6.35. The van der Waals surface area contributed by atoms with Crippen molar-refractivity contribution in [1.82, 2.24) is 9.78 Å². The van der Waals surface area contributed by atoms with Gasteiger partial charge >= 0.3 is 6.55 Å². The lowest BCUT2D eigenvalue weighted by Gasteiger charge is -2.06. The lowest BCUT2D eigenvalue weighted by atomic mass is 10.2. The zero-order chi connectivity index (χ0) is 14.0. The Bertz CT molecular complexity index is 586. The van der Waals surface area contributed by atoms with Gasteiger partial charge in [-0.15, -0.1) is 12.4 Å². The maximum absolute atomic E-state index is 13.4. The molecule has 1 aromatic carbocycles. The molecule has 1 heterocycles. The van der Waals surface area contributed by atoms with E-state index in [2.05, 4.69) is 10.4 Å². The fourth-order valence-electron chi connectivity index (χ4n) is 1.62. The SMILES string of the molecule is Cc1nn(C(F)F)cc1NCc1cc(F)ccc1F.Cl.